The number of rotatable bonds is 3. The third-order valence-electron chi connectivity index (χ3n) is 5.05. The number of aliphatic hydroxyl groups excluding tert-OH is 1. The molecule has 1 aliphatic heterocycles. The summed E-state index contributed by atoms with van der Waals surface area (Å²) in [7, 11) is 0. The Balaban J connectivity index is 1.97. The van der Waals surface area contributed by atoms with Gasteiger partial charge < -0.3 is 5.11 Å². The van der Waals surface area contributed by atoms with Crippen molar-refractivity contribution < 1.29 is 19.1 Å². The van der Waals surface area contributed by atoms with Crippen LogP contribution in [0.5, 0.6) is 0 Å². The number of ketones is 1. The quantitative estimate of drug-likeness (QED) is 0.400. The minimum absolute atomic E-state index is 0.0175. The lowest BCUT2D eigenvalue weighted by Gasteiger charge is -2.26. The summed E-state index contributed by atoms with van der Waals surface area (Å²) in [5.41, 5.74) is 2.32. The Hall–Kier alpha value is -3.73. The molecule has 0 aromatic heterocycles. The first kappa shape index (κ1) is 18.6. The summed E-state index contributed by atoms with van der Waals surface area (Å²) >= 11 is 0. The highest BCUT2D eigenvalue weighted by Crippen LogP contribution is 2.42. The van der Waals surface area contributed by atoms with Gasteiger partial charge in [-0.1, -0.05) is 60.7 Å². The van der Waals surface area contributed by atoms with E-state index in [2.05, 4.69) is 0 Å². The fraction of sp³-hybridized carbons (Fsp3) is 0.0833. The zero-order chi connectivity index (χ0) is 20.5. The van der Waals surface area contributed by atoms with Crippen LogP contribution in [0.2, 0.25) is 0 Å². The predicted molar refractivity (Wildman–Crippen MR) is 109 cm³/mol. The minimum atomic E-state index is -0.864. The van der Waals surface area contributed by atoms with Crippen LogP contribution in [0, 0.1) is 12.7 Å². The standard InChI is InChI=1S/C24H18FNO3/c1-15-7-5-6-10-19(15)26-21(16-11-13-18(25)14-12-16)20(23(28)24(26)29)22(27)17-8-3-2-4-9-17/h2-14,21,27H,1H3/b22-20+. The van der Waals surface area contributed by atoms with E-state index in [9.17, 15) is 19.1 Å². The van der Waals surface area contributed by atoms with Gasteiger partial charge in [0.25, 0.3) is 11.7 Å². The van der Waals surface area contributed by atoms with Crippen LogP contribution in [-0.2, 0) is 9.59 Å². The van der Waals surface area contributed by atoms with Crippen molar-refractivity contribution in [3.63, 3.8) is 0 Å². The monoisotopic (exact) mass is 387 g/mol. The zero-order valence-corrected chi connectivity index (χ0v) is 15.7. The normalized spacial score (nSPS) is 18.3. The van der Waals surface area contributed by atoms with Crippen molar-refractivity contribution in [2.45, 2.75) is 13.0 Å². The molecule has 3 aromatic rings. The molecular formula is C24H18FNO3. The number of benzene rings is 3. The molecule has 1 unspecified atom stereocenters. The average Bonchev–Trinajstić information content (AvgIpc) is 3.00. The van der Waals surface area contributed by atoms with E-state index in [0.29, 0.717) is 16.8 Å². The molecule has 5 heteroatoms. The van der Waals surface area contributed by atoms with Crippen LogP contribution in [0.15, 0.2) is 84.4 Å². The molecule has 1 amide bonds. The van der Waals surface area contributed by atoms with E-state index < -0.39 is 23.5 Å². The number of amides is 1. The van der Waals surface area contributed by atoms with Gasteiger partial charge in [-0.05, 0) is 36.2 Å². The van der Waals surface area contributed by atoms with E-state index in [0.717, 1.165) is 5.56 Å². The third-order valence-corrected chi connectivity index (χ3v) is 5.05. The molecule has 4 rings (SSSR count). The van der Waals surface area contributed by atoms with E-state index in [1.54, 1.807) is 42.5 Å². The third kappa shape index (κ3) is 3.21. The molecule has 1 N–H and O–H groups in total. The minimum Gasteiger partial charge on any atom is -0.507 e. The second-order valence-electron chi connectivity index (χ2n) is 6.87. The highest BCUT2D eigenvalue weighted by molar-refractivity contribution is 6.51. The maximum atomic E-state index is 13.5. The molecule has 0 saturated carbocycles. The molecule has 1 saturated heterocycles. The number of hydrogen-bond donors (Lipinski definition) is 1. The average molecular weight is 387 g/mol. The molecule has 1 fully saturated rings. The van der Waals surface area contributed by atoms with Crippen LogP contribution in [0.1, 0.15) is 22.7 Å². The first-order valence-electron chi connectivity index (χ1n) is 9.16. The maximum Gasteiger partial charge on any atom is 0.300 e. The molecular weight excluding hydrogens is 369 g/mol. The number of aliphatic hydroxyl groups is 1. The number of nitrogens with zero attached hydrogens (tertiary/aromatic N) is 1. The van der Waals surface area contributed by atoms with Crippen LogP contribution in [-0.4, -0.2) is 16.8 Å². The summed E-state index contributed by atoms with van der Waals surface area (Å²) in [6, 6.07) is 20.5. The van der Waals surface area contributed by atoms with Gasteiger partial charge in [0, 0.05) is 11.3 Å². The molecule has 1 heterocycles. The first-order valence-corrected chi connectivity index (χ1v) is 9.16. The van der Waals surface area contributed by atoms with Crippen molar-refractivity contribution in [1.29, 1.82) is 0 Å². The molecule has 0 aliphatic carbocycles. The lowest BCUT2D eigenvalue weighted by atomic mass is 9.95. The fourth-order valence-corrected chi connectivity index (χ4v) is 3.63. The van der Waals surface area contributed by atoms with Crippen molar-refractivity contribution in [2.24, 2.45) is 0 Å². The maximum absolute atomic E-state index is 13.5. The topological polar surface area (TPSA) is 57.6 Å². The van der Waals surface area contributed by atoms with E-state index >= 15 is 0 Å². The van der Waals surface area contributed by atoms with Crippen molar-refractivity contribution in [3.8, 4) is 0 Å². The van der Waals surface area contributed by atoms with Gasteiger partial charge in [-0.15, -0.1) is 0 Å². The Bertz CT molecular complexity index is 1120. The Morgan fingerprint density at radius 3 is 2.17 bits per heavy atom. The molecule has 1 atom stereocenters. The summed E-state index contributed by atoms with van der Waals surface area (Å²) in [6.07, 6.45) is 0. The number of carbonyl (C=O) groups excluding carboxylic acids is 2. The number of anilines is 1. The molecule has 1 aliphatic rings. The predicted octanol–water partition coefficient (Wildman–Crippen LogP) is 4.76. The van der Waals surface area contributed by atoms with Crippen LogP contribution in [0.4, 0.5) is 10.1 Å². The number of aryl methyl sites for hydroxylation is 1. The molecule has 0 bridgehead atoms. The molecule has 29 heavy (non-hydrogen) atoms. The fourth-order valence-electron chi connectivity index (χ4n) is 3.63. The van der Waals surface area contributed by atoms with Gasteiger partial charge >= 0.3 is 0 Å². The lowest BCUT2D eigenvalue weighted by Crippen LogP contribution is -2.30. The summed E-state index contributed by atoms with van der Waals surface area (Å²) in [4.78, 5) is 27.4. The van der Waals surface area contributed by atoms with Crippen LogP contribution in [0.25, 0.3) is 5.76 Å². The highest BCUT2D eigenvalue weighted by Gasteiger charge is 2.47. The summed E-state index contributed by atoms with van der Waals surface area (Å²) in [5, 5.41) is 10.9. The number of para-hydroxylation sites is 1. The van der Waals surface area contributed by atoms with Crippen molar-refractivity contribution >= 4 is 23.1 Å². The Kier molecular flexibility index (Phi) is 4.72. The Morgan fingerprint density at radius 1 is 0.897 bits per heavy atom. The first-order chi connectivity index (χ1) is 14.0. The summed E-state index contributed by atoms with van der Waals surface area (Å²) in [6.45, 7) is 1.84. The van der Waals surface area contributed by atoms with Gasteiger partial charge in [0.15, 0.2) is 0 Å². The Morgan fingerprint density at radius 2 is 1.52 bits per heavy atom. The van der Waals surface area contributed by atoms with Crippen LogP contribution >= 0.6 is 0 Å². The number of halogens is 1. The van der Waals surface area contributed by atoms with E-state index in [-0.39, 0.29) is 11.3 Å². The smallest absolute Gasteiger partial charge is 0.300 e. The van der Waals surface area contributed by atoms with Gasteiger partial charge in [-0.2, -0.15) is 0 Å². The lowest BCUT2D eigenvalue weighted by molar-refractivity contribution is -0.132. The van der Waals surface area contributed by atoms with Gasteiger partial charge in [-0.25, -0.2) is 4.39 Å². The van der Waals surface area contributed by atoms with E-state index in [1.165, 1.54) is 29.2 Å². The van der Waals surface area contributed by atoms with Gasteiger partial charge in [0.2, 0.25) is 0 Å². The highest BCUT2D eigenvalue weighted by atomic mass is 19.1. The van der Waals surface area contributed by atoms with Crippen molar-refractivity contribution in [2.75, 3.05) is 4.90 Å². The van der Waals surface area contributed by atoms with Gasteiger partial charge in [0.05, 0.1) is 11.6 Å². The molecule has 0 radical (unpaired) electrons. The van der Waals surface area contributed by atoms with Gasteiger partial charge in [-0.3, -0.25) is 14.5 Å². The Labute approximate surface area is 167 Å². The zero-order valence-electron chi connectivity index (χ0n) is 15.7. The summed E-state index contributed by atoms with van der Waals surface area (Å²) in [5.74, 6) is -2.19. The SMILES string of the molecule is Cc1ccccc1N1C(=O)C(=O)/C(=C(/O)c2ccccc2)C1c1ccc(F)cc1. The van der Waals surface area contributed by atoms with E-state index in [4.69, 9.17) is 0 Å². The van der Waals surface area contributed by atoms with Crippen molar-refractivity contribution in [1.82, 2.24) is 0 Å². The molecule has 4 nitrogen and oxygen atoms in total. The number of hydrogen-bond acceptors (Lipinski definition) is 3. The van der Waals surface area contributed by atoms with Crippen molar-refractivity contribution in [3.05, 3.63) is 107 Å². The van der Waals surface area contributed by atoms with E-state index in [1.807, 2.05) is 19.1 Å². The summed E-state index contributed by atoms with van der Waals surface area (Å²) < 4.78 is 13.5. The second kappa shape index (κ2) is 7.36. The van der Waals surface area contributed by atoms with Crippen LogP contribution < -0.4 is 4.90 Å². The molecule has 144 valence electrons. The molecule has 0 spiro atoms. The number of Topliss-reactive ketones (excluding diaryl/α,β-unsaturated/α-hetero) is 1. The van der Waals surface area contributed by atoms with Crippen LogP contribution in [0.3, 0.4) is 0 Å². The molecule has 3 aromatic carbocycles. The number of carbonyl (C=O) groups is 2. The van der Waals surface area contributed by atoms with Gasteiger partial charge in [0.1, 0.15) is 11.6 Å². The largest absolute Gasteiger partial charge is 0.507 e. The second-order valence-corrected chi connectivity index (χ2v) is 6.87.